The number of benzene rings is 2. The molecular weight excluding hydrogens is 424 g/mol. The molecule has 1 aliphatic rings. The molecule has 2 heterocycles. The van der Waals surface area contributed by atoms with E-state index in [4.69, 9.17) is 11.6 Å². The van der Waals surface area contributed by atoms with Gasteiger partial charge in [0.2, 0.25) is 10.0 Å². The van der Waals surface area contributed by atoms with E-state index in [1.54, 1.807) is 27.9 Å². The fourth-order valence-corrected chi connectivity index (χ4v) is 4.41. The monoisotopic (exact) mass is 444 g/mol. The number of sulfonamides is 1. The van der Waals surface area contributed by atoms with Crippen molar-refractivity contribution in [1.29, 1.82) is 0 Å². The van der Waals surface area contributed by atoms with E-state index in [9.17, 15) is 13.2 Å². The molecule has 156 valence electrons. The average Bonchev–Trinajstić information content (AvgIpc) is 3.19. The zero-order valence-electron chi connectivity index (χ0n) is 16.4. The van der Waals surface area contributed by atoms with E-state index in [0.717, 1.165) is 11.3 Å². The molecular formula is C21H21ClN4O3S. The van der Waals surface area contributed by atoms with Crippen LogP contribution in [0.1, 0.15) is 10.4 Å². The van der Waals surface area contributed by atoms with Crippen molar-refractivity contribution in [3.8, 4) is 16.9 Å². The predicted molar refractivity (Wildman–Crippen MR) is 116 cm³/mol. The lowest BCUT2D eigenvalue weighted by molar-refractivity contribution is 0.0699. The highest BCUT2D eigenvalue weighted by Gasteiger charge is 2.29. The summed E-state index contributed by atoms with van der Waals surface area (Å²) in [5.74, 6) is -0.171. The van der Waals surface area contributed by atoms with E-state index in [0.29, 0.717) is 29.4 Å². The van der Waals surface area contributed by atoms with Crippen molar-refractivity contribution in [2.45, 2.75) is 0 Å². The standard InChI is InChI=1S/C21H21ClN4O3S/c1-30(28,29)25-13-11-24(12-14-25)21(27)19-15-26(18-5-3-2-4-6-18)23-20(19)16-7-9-17(22)10-8-16/h2-10,15H,11-14H2,1H3. The van der Waals surface area contributed by atoms with E-state index >= 15 is 0 Å². The van der Waals surface area contributed by atoms with Gasteiger partial charge in [0.25, 0.3) is 5.91 Å². The van der Waals surface area contributed by atoms with Gasteiger partial charge < -0.3 is 4.90 Å². The van der Waals surface area contributed by atoms with Gasteiger partial charge in [-0.15, -0.1) is 0 Å². The number of hydrogen-bond donors (Lipinski definition) is 0. The molecule has 1 saturated heterocycles. The van der Waals surface area contributed by atoms with Gasteiger partial charge >= 0.3 is 0 Å². The maximum atomic E-state index is 13.3. The molecule has 3 aromatic rings. The molecule has 30 heavy (non-hydrogen) atoms. The van der Waals surface area contributed by atoms with Gasteiger partial charge in [-0.2, -0.15) is 9.40 Å². The smallest absolute Gasteiger partial charge is 0.257 e. The third-order valence-electron chi connectivity index (χ3n) is 5.08. The minimum absolute atomic E-state index is 0.171. The number of piperazine rings is 1. The highest BCUT2D eigenvalue weighted by Crippen LogP contribution is 2.27. The van der Waals surface area contributed by atoms with Crippen LogP contribution in [0.5, 0.6) is 0 Å². The number of hydrogen-bond acceptors (Lipinski definition) is 4. The quantitative estimate of drug-likeness (QED) is 0.620. The number of carbonyl (C=O) groups excluding carboxylic acids is 1. The van der Waals surface area contributed by atoms with E-state index in [-0.39, 0.29) is 19.0 Å². The van der Waals surface area contributed by atoms with Gasteiger partial charge in [-0.3, -0.25) is 4.79 Å². The predicted octanol–water partition coefficient (Wildman–Crippen LogP) is 2.91. The Morgan fingerprint density at radius 2 is 1.60 bits per heavy atom. The molecule has 0 unspecified atom stereocenters. The molecule has 7 nitrogen and oxygen atoms in total. The van der Waals surface area contributed by atoms with Gasteiger partial charge in [0.05, 0.1) is 17.5 Å². The van der Waals surface area contributed by atoms with Crippen LogP contribution in [-0.2, 0) is 10.0 Å². The summed E-state index contributed by atoms with van der Waals surface area (Å²) < 4.78 is 26.6. The molecule has 1 amide bonds. The van der Waals surface area contributed by atoms with Gasteiger partial charge in [-0.25, -0.2) is 13.1 Å². The minimum Gasteiger partial charge on any atom is -0.336 e. The molecule has 0 spiro atoms. The molecule has 0 bridgehead atoms. The first-order valence-corrected chi connectivity index (χ1v) is 11.7. The maximum absolute atomic E-state index is 13.3. The summed E-state index contributed by atoms with van der Waals surface area (Å²) in [7, 11) is -3.26. The lowest BCUT2D eigenvalue weighted by Crippen LogP contribution is -2.50. The van der Waals surface area contributed by atoms with Crippen molar-refractivity contribution in [2.75, 3.05) is 32.4 Å². The van der Waals surface area contributed by atoms with Crippen molar-refractivity contribution >= 4 is 27.5 Å². The van der Waals surface area contributed by atoms with Crippen molar-refractivity contribution < 1.29 is 13.2 Å². The summed E-state index contributed by atoms with van der Waals surface area (Å²) in [6, 6.07) is 16.7. The van der Waals surface area contributed by atoms with E-state index < -0.39 is 10.0 Å². The molecule has 0 radical (unpaired) electrons. The van der Waals surface area contributed by atoms with Crippen LogP contribution in [0.25, 0.3) is 16.9 Å². The van der Waals surface area contributed by atoms with Crippen molar-refractivity contribution in [3.63, 3.8) is 0 Å². The van der Waals surface area contributed by atoms with Crippen LogP contribution < -0.4 is 0 Å². The Kier molecular flexibility index (Phi) is 5.64. The van der Waals surface area contributed by atoms with Crippen LogP contribution in [0.3, 0.4) is 0 Å². The first-order chi connectivity index (χ1) is 14.3. The second-order valence-corrected chi connectivity index (χ2v) is 9.55. The lowest BCUT2D eigenvalue weighted by atomic mass is 10.1. The van der Waals surface area contributed by atoms with Crippen molar-refractivity contribution in [3.05, 3.63) is 71.4 Å². The Hall–Kier alpha value is -2.68. The molecule has 1 fully saturated rings. The Balaban J connectivity index is 1.68. The highest BCUT2D eigenvalue weighted by atomic mass is 35.5. The fraction of sp³-hybridized carbons (Fsp3) is 0.238. The number of halogens is 1. The molecule has 9 heteroatoms. The zero-order chi connectivity index (χ0) is 21.3. The Morgan fingerprint density at radius 1 is 0.967 bits per heavy atom. The topological polar surface area (TPSA) is 75.5 Å². The van der Waals surface area contributed by atoms with Crippen LogP contribution in [0.4, 0.5) is 0 Å². The number of nitrogens with zero attached hydrogens (tertiary/aromatic N) is 4. The van der Waals surface area contributed by atoms with Crippen LogP contribution in [0.2, 0.25) is 5.02 Å². The van der Waals surface area contributed by atoms with Crippen molar-refractivity contribution in [2.24, 2.45) is 0 Å². The van der Waals surface area contributed by atoms with Gasteiger partial charge in [-0.1, -0.05) is 41.9 Å². The summed E-state index contributed by atoms with van der Waals surface area (Å²) >= 11 is 6.02. The molecule has 0 aliphatic carbocycles. The largest absolute Gasteiger partial charge is 0.336 e. The fourth-order valence-electron chi connectivity index (χ4n) is 3.46. The van der Waals surface area contributed by atoms with Crippen LogP contribution in [-0.4, -0.2) is 65.7 Å². The molecule has 0 N–H and O–H groups in total. The first kappa shape index (κ1) is 20.6. The minimum atomic E-state index is -3.26. The van der Waals surface area contributed by atoms with Crippen LogP contribution >= 0.6 is 11.6 Å². The zero-order valence-corrected chi connectivity index (χ0v) is 18.0. The SMILES string of the molecule is CS(=O)(=O)N1CCN(C(=O)c2cn(-c3ccccc3)nc2-c2ccc(Cl)cc2)CC1. The number of rotatable bonds is 4. The summed E-state index contributed by atoms with van der Waals surface area (Å²) in [5, 5.41) is 5.27. The normalized spacial score (nSPS) is 15.3. The number of amides is 1. The average molecular weight is 445 g/mol. The summed E-state index contributed by atoms with van der Waals surface area (Å²) in [6.45, 7) is 1.24. The van der Waals surface area contributed by atoms with E-state index in [1.807, 2.05) is 42.5 Å². The summed E-state index contributed by atoms with van der Waals surface area (Å²) in [6.07, 6.45) is 2.91. The van der Waals surface area contributed by atoms with Crippen molar-refractivity contribution in [1.82, 2.24) is 19.0 Å². The molecule has 0 saturated carbocycles. The van der Waals surface area contributed by atoms with Crippen LogP contribution in [0.15, 0.2) is 60.8 Å². The lowest BCUT2D eigenvalue weighted by Gasteiger charge is -2.33. The molecule has 1 aliphatic heterocycles. The van der Waals surface area contributed by atoms with Gasteiger partial charge in [0.1, 0.15) is 5.69 Å². The second kappa shape index (κ2) is 8.22. The summed E-state index contributed by atoms with van der Waals surface area (Å²) in [4.78, 5) is 15.0. The van der Waals surface area contributed by atoms with Crippen LogP contribution in [0, 0.1) is 0 Å². The number of para-hydroxylation sites is 1. The molecule has 2 aromatic carbocycles. The molecule has 4 rings (SSSR count). The Bertz CT molecular complexity index is 1150. The number of carbonyl (C=O) groups is 1. The first-order valence-electron chi connectivity index (χ1n) is 9.48. The van der Waals surface area contributed by atoms with Gasteiger partial charge in [0, 0.05) is 43.0 Å². The molecule has 0 atom stereocenters. The highest BCUT2D eigenvalue weighted by molar-refractivity contribution is 7.88. The number of aromatic nitrogens is 2. The summed E-state index contributed by atoms with van der Waals surface area (Å²) in [5.41, 5.74) is 2.65. The van der Waals surface area contributed by atoms with Gasteiger partial charge in [-0.05, 0) is 24.3 Å². The third-order valence-corrected chi connectivity index (χ3v) is 6.63. The third kappa shape index (κ3) is 4.26. The maximum Gasteiger partial charge on any atom is 0.257 e. The Morgan fingerprint density at radius 3 is 2.20 bits per heavy atom. The van der Waals surface area contributed by atoms with E-state index in [1.165, 1.54) is 10.6 Å². The van der Waals surface area contributed by atoms with Gasteiger partial charge in [0.15, 0.2) is 0 Å². The van der Waals surface area contributed by atoms with E-state index in [2.05, 4.69) is 5.10 Å². The second-order valence-electron chi connectivity index (χ2n) is 7.13. The molecule has 1 aromatic heterocycles. The Labute approximate surface area is 180 Å².